The van der Waals surface area contributed by atoms with E-state index in [-0.39, 0.29) is 39.9 Å². The van der Waals surface area contributed by atoms with Crippen LogP contribution >= 0.6 is 11.6 Å². The van der Waals surface area contributed by atoms with Gasteiger partial charge in [0.15, 0.2) is 0 Å². The lowest BCUT2D eigenvalue weighted by Crippen LogP contribution is -2.25. The van der Waals surface area contributed by atoms with Gasteiger partial charge in [0, 0.05) is 18.7 Å². The number of rotatable bonds is 6. The number of para-hydroxylation sites is 1. The molecule has 0 radical (unpaired) electrons. The molecule has 0 aromatic heterocycles. The fourth-order valence-corrected chi connectivity index (χ4v) is 3.14. The predicted molar refractivity (Wildman–Crippen MR) is 115 cm³/mol. The summed E-state index contributed by atoms with van der Waals surface area (Å²) in [6, 6.07) is 14.4. The van der Waals surface area contributed by atoms with Gasteiger partial charge < -0.3 is 10.6 Å². The molecular formula is C22H17ClFN3O4. The normalized spacial score (nSPS) is 10.4. The Morgan fingerprint density at radius 2 is 1.77 bits per heavy atom. The first-order valence-electron chi connectivity index (χ1n) is 9.14. The van der Waals surface area contributed by atoms with E-state index in [9.17, 15) is 24.1 Å². The highest BCUT2D eigenvalue weighted by atomic mass is 35.5. The Bertz CT molecular complexity index is 1180. The number of benzene rings is 3. The molecule has 3 aromatic carbocycles. The van der Waals surface area contributed by atoms with Gasteiger partial charge in [-0.2, -0.15) is 0 Å². The number of nitro groups is 1. The van der Waals surface area contributed by atoms with Crippen LogP contribution in [0.25, 0.3) is 0 Å². The van der Waals surface area contributed by atoms with Crippen molar-refractivity contribution >= 4 is 34.8 Å². The molecule has 0 spiro atoms. The van der Waals surface area contributed by atoms with Gasteiger partial charge in [-0.05, 0) is 42.3 Å². The standard InChI is InChI=1S/C22H17ClFN3O4/c1-13-10-14(6-9-19(13)24)12-25-21(28)17-4-2-3-5-20(17)26-22(29)16-8-7-15(27(30)31)11-18(16)23/h2-11H,12H2,1H3,(H,25,28)(H,26,29). The number of carbonyl (C=O) groups excluding carboxylic acids is 2. The number of anilines is 1. The zero-order valence-corrected chi connectivity index (χ0v) is 17.1. The van der Waals surface area contributed by atoms with Crippen LogP contribution in [0.4, 0.5) is 15.8 Å². The fourth-order valence-electron chi connectivity index (χ4n) is 2.88. The van der Waals surface area contributed by atoms with Crippen molar-refractivity contribution in [1.29, 1.82) is 0 Å². The largest absolute Gasteiger partial charge is 0.348 e. The molecule has 9 heteroatoms. The number of nitro benzene ring substituents is 1. The van der Waals surface area contributed by atoms with Crippen LogP contribution in [-0.4, -0.2) is 16.7 Å². The van der Waals surface area contributed by atoms with Crippen molar-refractivity contribution in [1.82, 2.24) is 5.32 Å². The summed E-state index contributed by atoms with van der Waals surface area (Å²) in [5.74, 6) is -1.38. The van der Waals surface area contributed by atoms with Gasteiger partial charge >= 0.3 is 0 Å². The molecule has 0 fully saturated rings. The molecule has 0 saturated heterocycles. The molecule has 31 heavy (non-hydrogen) atoms. The third kappa shape index (κ3) is 5.23. The lowest BCUT2D eigenvalue weighted by atomic mass is 10.1. The Balaban J connectivity index is 1.75. The van der Waals surface area contributed by atoms with Gasteiger partial charge in [-0.25, -0.2) is 4.39 Å². The van der Waals surface area contributed by atoms with Crippen LogP contribution in [0.1, 0.15) is 31.8 Å². The van der Waals surface area contributed by atoms with Crippen LogP contribution in [0.15, 0.2) is 60.7 Å². The van der Waals surface area contributed by atoms with E-state index in [1.165, 1.54) is 24.3 Å². The highest BCUT2D eigenvalue weighted by molar-refractivity contribution is 6.34. The predicted octanol–water partition coefficient (Wildman–Crippen LogP) is 4.88. The van der Waals surface area contributed by atoms with Crippen molar-refractivity contribution in [2.75, 3.05) is 5.32 Å². The zero-order valence-electron chi connectivity index (χ0n) is 16.3. The molecule has 3 aromatic rings. The molecule has 3 rings (SSSR count). The number of nitrogens with zero attached hydrogens (tertiary/aromatic N) is 1. The van der Waals surface area contributed by atoms with Crippen molar-refractivity contribution in [3.8, 4) is 0 Å². The lowest BCUT2D eigenvalue weighted by molar-refractivity contribution is -0.384. The first-order chi connectivity index (χ1) is 14.8. The molecule has 158 valence electrons. The Labute approximate surface area is 182 Å². The number of amides is 2. The van der Waals surface area contributed by atoms with E-state index in [0.717, 1.165) is 11.6 Å². The number of hydrogen-bond donors (Lipinski definition) is 2. The topological polar surface area (TPSA) is 101 Å². The highest BCUT2D eigenvalue weighted by Crippen LogP contribution is 2.24. The SMILES string of the molecule is Cc1cc(CNC(=O)c2ccccc2NC(=O)c2ccc([N+](=O)[O-])cc2Cl)ccc1F. The minimum atomic E-state index is -0.616. The second-order valence-corrected chi connectivity index (χ2v) is 7.09. The third-order valence-electron chi connectivity index (χ3n) is 4.50. The summed E-state index contributed by atoms with van der Waals surface area (Å²) in [5, 5.41) is 16.1. The van der Waals surface area contributed by atoms with Crippen LogP contribution in [0, 0.1) is 22.9 Å². The van der Waals surface area contributed by atoms with Crippen LogP contribution < -0.4 is 10.6 Å². The molecule has 0 unspecified atom stereocenters. The number of non-ortho nitro benzene ring substituents is 1. The Morgan fingerprint density at radius 1 is 1.03 bits per heavy atom. The maximum atomic E-state index is 13.4. The van der Waals surface area contributed by atoms with Crippen molar-refractivity contribution in [3.63, 3.8) is 0 Å². The second-order valence-electron chi connectivity index (χ2n) is 6.69. The second kappa shape index (κ2) is 9.36. The molecule has 0 heterocycles. The fraction of sp³-hybridized carbons (Fsp3) is 0.0909. The van der Waals surface area contributed by atoms with E-state index < -0.39 is 16.7 Å². The summed E-state index contributed by atoms with van der Waals surface area (Å²) < 4.78 is 13.4. The van der Waals surface area contributed by atoms with Crippen molar-refractivity contribution < 1.29 is 18.9 Å². The van der Waals surface area contributed by atoms with Crippen LogP contribution in [0.5, 0.6) is 0 Å². The van der Waals surface area contributed by atoms with E-state index in [4.69, 9.17) is 11.6 Å². The van der Waals surface area contributed by atoms with Gasteiger partial charge in [0.05, 0.1) is 26.8 Å². The van der Waals surface area contributed by atoms with Crippen molar-refractivity contribution in [3.05, 3.63) is 104 Å². The number of hydrogen-bond acceptors (Lipinski definition) is 4. The van der Waals surface area contributed by atoms with E-state index >= 15 is 0 Å². The van der Waals surface area contributed by atoms with Crippen LogP contribution in [0.2, 0.25) is 5.02 Å². The first kappa shape index (κ1) is 21.9. The van der Waals surface area contributed by atoms with Gasteiger partial charge in [-0.15, -0.1) is 0 Å². The molecule has 0 saturated carbocycles. The Hall–Kier alpha value is -3.78. The van der Waals surface area contributed by atoms with Crippen LogP contribution in [0.3, 0.4) is 0 Å². The average molecular weight is 442 g/mol. The molecular weight excluding hydrogens is 425 g/mol. The molecule has 0 aliphatic heterocycles. The van der Waals surface area contributed by atoms with Gasteiger partial charge in [-0.1, -0.05) is 35.9 Å². The van der Waals surface area contributed by atoms with E-state index in [0.29, 0.717) is 5.56 Å². The highest BCUT2D eigenvalue weighted by Gasteiger charge is 2.18. The molecule has 0 bridgehead atoms. The molecule has 0 atom stereocenters. The molecule has 2 amide bonds. The van der Waals surface area contributed by atoms with Gasteiger partial charge in [0.2, 0.25) is 0 Å². The molecule has 0 aliphatic rings. The summed E-state index contributed by atoms with van der Waals surface area (Å²) >= 11 is 6.01. The number of halogens is 2. The lowest BCUT2D eigenvalue weighted by Gasteiger charge is -2.12. The summed E-state index contributed by atoms with van der Waals surface area (Å²) in [4.78, 5) is 35.5. The van der Waals surface area contributed by atoms with Crippen molar-refractivity contribution in [2.24, 2.45) is 0 Å². The smallest absolute Gasteiger partial charge is 0.270 e. The third-order valence-corrected chi connectivity index (χ3v) is 4.82. The zero-order chi connectivity index (χ0) is 22.5. The van der Waals surface area contributed by atoms with Gasteiger partial charge in [-0.3, -0.25) is 19.7 Å². The van der Waals surface area contributed by atoms with Gasteiger partial charge in [0.25, 0.3) is 17.5 Å². The van der Waals surface area contributed by atoms with E-state index in [1.54, 1.807) is 37.3 Å². The van der Waals surface area contributed by atoms with Gasteiger partial charge in [0.1, 0.15) is 5.82 Å². The number of carbonyl (C=O) groups is 2. The number of aryl methyl sites for hydroxylation is 1. The summed E-state index contributed by atoms with van der Waals surface area (Å²) in [6.45, 7) is 1.81. The molecule has 7 nitrogen and oxygen atoms in total. The average Bonchev–Trinajstić information content (AvgIpc) is 2.74. The minimum Gasteiger partial charge on any atom is -0.348 e. The van der Waals surface area contributed by atoms with Crippen molar-refractivity contribution in [2.45, 2.75) is 13.5 Å². The maximum Gasteiger partial charge on any atom is 0.270 e. The number of nitrogens with one attached hydrogen (secondary N) is 2. The van der Waals surface area contributed by atoms with E-state index in [2.05, 4.69) is 10.6 Å². The Kier molecular flexibility index (Phi) is 6.61. The minimum absolute atomic E-state index is 0.0317. The quantitative estimate of drug-likeness (QED) is 0.420. The molecule has 0 aliphatic carbocycles. The Morgan fingerprint density at radius 3 is 2.45 bits per heavy atom. The maximum absolute atomic E-state index is 13.4. The van der Waals surface area contributed by atoms with E-state index in [1.807, 2.05) is 0 Å². The summed E-state index contributed by atoms with van der Waals surface area (Å²) in [6.07, 6.45) is 0. The monoisotopic (exact) mass is 441 g/mol. The summed E-state index contributed by atoms with van der Waals surface area (Å²) in [7, 11) is 0. The van der Waals surface area contributed by atoms with Crippen LogP contribution in [-0.2, 0) is 6.54 Å². The first-order valence-corrected chi connectivity index (χ1v) is 9.51. The molecule has 2 N–H and O–H groups in total. The summed E-state index contributed by atoms with van der Waals surface area (Å²) in [5.41, 5.74) is 1.45.